The first-order valence-corrected chi connectivity index (χ1v) is 7.66. The number of fused-ring (bicyclic) bond motifs is 2. The lowest BCUT2D eigenvalue weighted by Gasteiger charge is -2.06. The van der Waals surface area contributed by atoms with Crippen LogP contribution in [0.3, 0.4) is 0 Å². The maximum absolute atomic E-state index is 4.23. The molecular weight excluding hydrogens is 278 g/mol. The van der Waals surface area contributed by atoms with Gasteiger partial charge in [0.2, 0.25) is 0 Å². The summed E-state index contributed by atoms with van der Waals surface area (Å²) in [6.45, 7) is 1.98. The van der Waals surface area contributed by atoms with Crippen molar-refractivity contribution in [2.75, 3.05) is 0 Å². The fourth-order valence-corrected chi connectivity index (χ4v) is 2.91. The van der Waals surface area contributed by atoms with Gasteiger partial charge >= 0.3 is 0 Å². The molecule has 0 atom stereocenters. The van der Waals surface area contributed by atoms with Gasteiger partial charge in [0, 0.05) is 23.0 Å². The van der Waals surface area contributed by atoms with Crippen LogP contribution in [-0.2, 0) is 0 Å². The smallest absolute Gasteiger partial charge is 0.0405 e. The van der Waals surface area contributed by atoms with Gasteiger partial charge in [0.15, 0.2) is 0 Å². The molecule has 0 saturated carbocycles. The fourth-order valence-electron chi connectivity index (χ4n) is 2.91. The van der Waals surface area contributed by atoms with Crippen LogP contribution < -0.4 is 0 Å². The van der Waals surface area contributed by atoms with Gasteiger partial charge in [-0.25, -0.2) is 0 Å². The van der Waals surface area contributed by atoms with Crippen molar-refractivity contribution >= 4 is 21.5 Å². The molecule has 0 radical (unpaired) electrons. The van der Waals surface area contributed by atoms with Crippen molar-refractivity contribution in [2.45, 2.75) is 6.92 Å². The van der Waals surface area contributed by atoms with Gasteiger partial charge in [0.25, 0.3) is 0 Å². The summed E-state index contributed by atoms with van der Waals surface area (Å²) in [6, 6.07) is 23.0. The Kier molecular flexibility index (Phi) is 3.29. The fraction of sp³-hybridized carbons (Fsp3) is 0.0455. The molecule has 0 aliphatic rings. The van der Waals surface area contributed by atoms with Crippen LogP contribution in [0.15, 0.2) is 72.9 Å². The lowest BCUT2D eigenvalue weighted by molar-refractivity contribution is 1.19. The molecule has 0 N–H and O–H groups in total. The van der Waals surface area contributed by atoms with Crippen molar-refractivity contribution in [3.63, 3.8) is 0 Å². The number of benzene rings is 3. The standard InChI is InChI=1S/C22H15N/c1-16-14-17(12-13-23-16)10-11-22-20-8-4-2-6-18(20)15-19-7-3-5-9-21(19)22/h2-9,12-15H,1H3. The predicted octanol–water partition coefficient (Wildman–Crippen LogP) is 5.10. The van der Waals surface area contributed by atoms with Gasteiger partial charge in [-0.1, -0.05) is 60.4 Å². The molecule has 0 aliphatic carbocycles. The molecule has 0 amide bonds. The van der Waals surface area contributed by atoms with Crippen LogP contribution in [-0.4, -0.2) is 4.98 Å². The third-order valence-corrected chi connectivity index (χ3v) is 4.00. The molecule has 1 heterocycles. The number of hydrogen-bond donors (Lipinski definition) is 0. The van der Waals surface area contributed by atoms with E-state index in [1.807, 2.05) is 19.1 Å². The van der Waals surface area contributed by atoms with Crippen molar-refractivity contribution in [3.05, 3.63) is 89.7 Å². The molecule has 23 heavy (non-hydrogen) atoms. The molecular formula is C22H15N. The molecule has 1 aromatic heterocycles. The molecule has 0 unspecified atom stereocenters. The van der Waals surface area contributed by atoms with Gasteiger partial charge in [0.05, 0.1) is 0 Å². The van der Waals surface area contributed by atoms with Gasteiger partial charge in [0.1, 0.15) is 0 Å². The Balaban J connectivity index is 2.00. The van der Waals surface area contributed by atoms with Crippen LogP contribution in [0, 0.1) is 18.8 Å². The zero-order valence-electron chi connectivity index (χ0n) is 12.9. The van der Waals surface area contributed by atoms with E-state index in [-0.39, 0.29) is 0 Å². The third kappa shape index (κ3) is 2.56. The van der Waals surface area contributed by atoms with E-state index >= 15 is 0 Å². The number of pyridine rings is 1. The monoisotopic (exact) mass is 293 g/mol. The maximum Gasteiger partial charge on any atom is 0.0405 e. The Bertz CT molecular complexity index is 1030. The van der Waals surface area contributed by atoms with Crippen molar-refractivity contribution in [1.82, 2.24) is 4.98 Å². The molecule has 4 aromatic rings. The van der Waals surface area contributed by atoms with E-state index in [4.69, 9.17) is 0 Å². The van der Waals surface area contributed by atoms with E-state index < -0.39 is 0 Å². The van der Waals surface area contributed by atoms with E-state index in [1.54, 1.807) is 6.20 Å². The number of nitrogens with zero attached hydrogens (tertiary/aromatic N) is 1. The van der Waals surface area contributed by atoms with Gasteiger partial charge in [-0.2, -0.15) is 0 Å². The Morgan fingerprint density at radius 1 is 0.739 bits per heavy atom. The Morgan fingerprint density at radius 3 is 2.04 bits per heavy atom. The van der Waals surface area contributed by atoms with Gasteiger partial charge in [-0.15, -0.1) is 0 Å². The van der Waals surface area contributed by atoms with Gasteiger partial charge in [-0.05, 0) is 46.7 Å². The van der Waals surface area contributed by atoms with Crippen LogP contribution in [0.2, 0.25) is 0 Å². The van der Waals surface area contributed by atoms with E-state index in [0.29, 0.717) is 0 Å². The van der Waals surface area contributed by atoms with Crippen molar-refractivity contribution in [2.24, 2.45) is 0 Å². The van der Waals surface area contributed by atoms with E-state index in [1.165, 1.54) is 21.5 Å². The molecule has 0 fully saturated rings. The molecule has 1 heteroatoms. The van der Waals surface area contributed by atoms with Crippen molar-refractivity contribution in [3.8, 4) is 11.8 Å². The molecule has 0 bridgehead atoms. The number of rotatable bonds is 0. The van der Waals surface area contributed by atoms with Crippen molar-refractivity contribution in [1.29, 1.82) is 0 Å². The molecule has 0 aliphatic heterocycles. The minimum Gasteiger partial charge on any atom is -0.262 e. The first-order valence-electron chi connectivity index (χ1n) is 7.66. The average molecular weight is 293 g/mol. The molecule has 108 valence electrons. The summed E-state index contributed by atoms with van der Waals surface area (Å²) in [5.41, 5.74) is 3.07. The summed E-state index contributed by atoms with van der Waals surface area (Å²) in [4.78, 5) is 4.23. The highest BCUT2D eigenvalue weighted by Gasteiger charge is 2.04. The lowest BCUT2D eigenvalue weighted by Crippen LogP contribution is -1.85. The summed E-state index contributed by atoms with van der Waals surface area (Å²) in [5, 5.41) is 4.84. The minimum absolute atomic E-state index is 0.986. The topological polar surface area (TPSA) is 12.9 Å². The van der Waals surface area contributed by atoms with Crippen LogP contribution >= 0.6 is 0 Å². The lowest BCUT2D eigenvalue weighted by atomic mass is 9.97. The number of aromatic nitrogens is 1. The zero-order chi connectivity index (χ0) is 15.6. The largest absolute Gasteiger partial charge is 0.262 e. The van der Waals surface area contributed by atoms with Gasteiger partial charge < -0.3 is 0 Å². The van der Waals surface area contributed by atoms with E-state index in [2.05, 4.69) is 71.4 Å². The Labute approximate surface area is 135 Å². The molecule has 0 spiro atoms. The summed E-state index contributed by atoms with van der Waals surface area (Å²) in [7, 11) is 0. The second-order valence-corrected chi connectivity index (χ2v) is 5.63. The second-order valence-electron chi connectivity index (χ2n) is 5.63. The molecule has 1 nitrogen and oxygen atoms in total. The highest BCUT2D eigenvalue weighted by atomic mass is 14.6. The highest BCUT2D eigenvalue weighted by molar-refractivity contribution is 6.04. The number of hydrogen-bond acceptors (Lipinski definition) is 1. The zero-order valence-corrected chi connectivity index (χ0v) is 12.9. The summed E-state index contributed by atoms with van der Waals surface area (Å²) >= 11 is 0. The first kappa shape index (κ1) is 13.5. The quantitative estimate of drug-likeness (QED) is 0.325. The summed E-state index contributed by atoms with van der Waals surface area (Å²) in [6.07, 6.45) is 1.81. The van der Waals surface area contributed by atoms with Crippen LogP contribution in [0.1, 0.15) is 16.8 Å². The second kappa shape index (κ2) is 5.59. The predicted molar refractivity (Wildman–Crippen MR) is 96.4 cm³/mol. The van der Waals surface area contributed by atoms with Gasteiger partial charge in [-0.3, -0.25) is 4.98 Å². The molecule has 3 aromatic carbocycles. The third-order valence-electron chi connectivity index (χ3n) is 4.00. The van der Waals surface area contributed by atoms with E-state index in [9.17, 15) is 0 Å². The summed E-state index contributed by atoms with van der Waals surface area (Å²) in [5.74, 6) is 6.69. The molecule has 4 rings (SSSR count). The summed E-state index contributed by atoms with van der Waals surface area (Å²) < 4.78 is 0. The van der Waals surface area contributed by atoms with Crippen molar-refractivity contribution < 1.29 is 0 Å². The minimum atomic E-state index is 0.986. The molecule has 0 saturated heterocycles. The first-order chi connectivity index (χ1) is 11.3. The average Bonchev–Trinajstić information content (AvgIpc) is 2.58. The highest BCUT2D eigenvalue weighted by Crippen LogP contribution is 2.27. The SMILES string of the molecule is Cc1cc(C#Cc2c3ccccc3cc3ccccc23)ccn1. The van der Waals surface area contributed by atoms with Crippen LogP contribution in [0.4, 0.5) is 0 Å². The Morgan fingerprint density at radius 2 is 1.39 bits per heavy atom. The Hall–Kier alpha value is -3.11. The normalized spacial score (nSPS) is 10.5. The maximum atomic E-state index is 4.23. The number of aryl methyl sites for hydroxylation is 1. The van der Waals surface area contributed by atoms with Crippen LogP contribution in [0.5, 0.6) is 0 Å². The van der Waals surface area contributed by atoms with E-state index in [0.717, 1.165) is 16.8 Å². The van der Waals surface area contributed by atoms with Crippen LogP contribution in [0.25, 0.3) is 21.5 Å².